The van der Waals surface area contributed by atoms with Crippen molar-refractivity contribution < 1.29 is 22.7 Å². The van der Waals surface area contributed by atoms with E-state index in [1.54, 1.807) is 0 Å². The molecule has 1 aromatic rings. The molecule has 0 saturated carbocycles. The molecule has 0 saturated heterocycles. The smallest absolute Gasteiger partial charge is 0.319 e. The molecule has 0 atom stereocenters. The summed E-state index contributed by atoms with van der Waals surface area (Å²) in [6.45, 7) is -3.82. The Labute approximate surface area is 95.5 Å². The highest BCUT2D eigenvalue weighted by atomic mass is 19.3. The first-order valence-corrected chi connectivity index (χ1v) is 4.95. The van der Waals surface area contributed by atoms with Crippen molar-refractivity contribution >= 4 is 0 Å². The van der Waals surface area contributed by atoms with Crippen molar-refractivity contribution in [2.24, 2.45) is 0 Å². The van der Waals surface area contributed by atoms with Crippen LogP contribution in [-0.2, 0) is 6.54 Å². The Morgan fingerprint density at radius 1 is 1.35 bits per heavy atom. The molecule has 0 fully saturated rings. The van der Waals surface area contributed by atoms with E-state index in [1.165, 1.54) is 11.1 Å². The van der Waals surface area contributed by atoms with E-state index >= 15 is 0 Å². The highest BCUT2D eigenvalue weighted by Gasteiger charge is 2.17. The van der Waals surface area contributed by atoms with Crippen LogP contribution in [0.1, 0.15) is 12.4 Å². The molecule has 1 rings (SSSR count). The summed E-state index contributed by atoms with van der Waals surface area (Å²) >= 11 is 0. The number of hydrogen-bond acceptors (Lipinski definition) is 3. The fourth-order valence-electron chi connectivity index (χ4n) is 1.42. The minimum Gasteiger partial charge on any atom is -0.395 e. The third kappa shape index (κ3) is 4.31. The van der Waals surface area contributed by atoms with Gasteiger partial charge in [0.1, 0.15) is 5.82 Å². The zero-order valence-corrected chi connectivity index (χ0v) is 8.94. The maximum absolute atomic E-state index is 12.5. The van der Waals surface area contributed by atoms with E-state index in [4.69, 9.17) is 5.11 Å². The van der Waals surface area contributed by atoms with Crippen molar-refractivity contribution in [3.8, 4) is 0 Å². The molecule has 8 heteroatoms. The summed E-state index contributed by atoms with van der Waals surface area (Å²) in [5.41, 5.74) is 0. The molecule has 0 aromatic carbocycles. The van der Waals surface area contributed by atoms with E-state index in [1.807, 2.05) is 0 Å². The van der Waals surface area contributed by atoms with Gasteiger partial charge in [-0.2, -0.15) is 8.78 Å². The second kappa shape index (κ2) is 6.55. The van der Waals surface area contributed by atoms with Crippen LogP contribution in [0.4, 0.5) is 17.6 Å². The topological polar surface area (TPSA) is 41.3 Å². The van der Waals surface area contributed by atoms with Crippen LogP contribution < -0.4 is 0 Å². The van der Waals surface area contributed by atoms with Gasteiger partial charge in [0, 0.05) is 18.9 Å². The molecule has 1 heterocycles. The van der Waals surface area contributed by atoms with Crippen LogP contribution in [0, 0.1) is 0 Å². The first-order valence-electron chi connectivity index (χ1n) is 4.95. The van der Waals surface area contributed by atoms with Crippen molar-refractivity contribution in [1.82, 2.24) is 14.5 Å². The van der Waals surface area contributed by atoms with E-state index in [0.29, 0.717) is 4.57 Å². The summed E-state index contributed by atoms with van der Waals surface area (Å²) in [6, 6.07) is 0. The lowest BCUT2D eigenvalue weighted by Gasteiger charge is -2.20. The van der Waals surface area contributed by atoms with E-state index in [-0.39, 0.29) is 25.5 Å². The second-order valence-corrected chi connectivity index (χ2v) is 3.38. The average Bonchev–Trinajstić information content (AvgIpc) is 2.65. The van der Waals surface area contributed by atoms with E-state index in [0.717, 1.165) is 6.20 Å². The molecule has 0 radical (unpaired) electrons. The molecule has 0 spiro atoms. The number of imidazole rings is 1. The summed E-state index contributed by atoms with van der Waals surface area (Å²) in [7, 11) is 0. The zero-order valence-electron chi connectivity index (χ0n) is 8.94. The molecule has 0 amide bonds. The molecule has 98 valence electrons. The summed E-state index contributed by atoms with van der Waals surface area (Å²) < 4.78 is 49.9. The van der Waals surface area contributed by atoms with E-state index < -0.39 is 19.5 Å². The van der Waals surface area contributed by atoms with Crippen LogP contribution in [0.3, 0.4) is 0 Å². The Balaban J connectivity index is 2.67. The Kier molecular flexibility index (Phi) is 5.36. The first-order chi connectivity index (χ1) is 8.04. The lowest BCUT2D eigenvalue weighted by atomic mass is 10.4. The molecular formula is C9H13F4N3O. The average molecular weight is 255 g/mol. The van der Waals surface area contributed by atoms with Gasteiger partial charge in [-0.1, -0.05) is 0 Å². The molecule has 0 bridgehead atoms. The minimum atomic E-state index is -2.75. The summed E-state index contributed by atoms with van der Waals surface area (Å²) in [6.07, 6.45) is -0.322. The monoisotopic (exact) mass is 255 g/mol. The molecule has 17 heavy (non-hydrogen) atoms. The van der Waals surface area contributed by atoms with Crippen molar-refractivity contribution in [2.75, 3.05) is 19.7 Å². The van der Waals surface area contributed by atoms with Gasteiger partial charge in [0.25, 0.3) is 6.43 Å². The minimum absolute atomic E-state index is 0.00546. The fraction of sp³-hybridized carbons (Fsp3) is 0.667. The molecule has 0 aliphatic rings. The van der Waals surface area contributed by atoms with Crippen LogP contribution in [0.5, 0.6) is 0 Å². The Morgan fingerprint density at radius 3 is 2.59 bits per heavy atom. The second-order valence-electron chi connectivity index (χ2n) is 3.38. The number of nitrogens with zero attached hydrogens (tertiary/aromatic N) is 3. The van der Waals surface area contributed by atoms with Gasteiger partial charge in [0.15, 0.2) is 0 Å². The predicted octanol–water partition coefficient (Wildman–Crippen LogP) is 1.34. The standard InChI is InChI=1S/C9H13F4N3O/c10-7(11)5-15(3-4-17)6-8-14-1-2-16(8)9(12)13/h1-2,7,9,17H,3-6H2. The molecule has 1 N–H and O–H groups in total. The number of aliphatic hydroxyl groups is 1. The Bertz CT molecular complexity index is 332. The highest BCUT2D eigenvalue weighted by Crippen LogP contribution is 2.14. The van der Waals surface area contributed by atoms with Crippen LogP contribution in [-0.4, -0.2) is 45.7 Å². The number of rotatable bonds is 7. The third-order valence-electron chi connectivity index (χ3n) is 2.14. The highest BCUT2D eigenvalue weighted by molar-refractivity contribution is 4.92. The van der Waals surface area contributed by atoms with Crippen LogP contribution in [0.15, 0.2) is 12.4 Å². The summed E-state index contributed by atoms with van der Waals surface area (Å²) in [4.78, 5) is 4.85. The van der Waals surface area contributed by atoms with Gasteiger partial charge >= 0.3 is 6.55 Å². The van der Waals surface area contributed by atoms with Gasteiger partial charge in [0.05, 0.1) is 19.7 Å². The molecule has 0 unspecified atom stereocenters. The van der Waals surface area contributed by atoms with E-state index in [9.17, 15) is 17.6 Å². The molecule has 4 nitrogen and oxygen atoms in total. The lowest BCUT2D eigenvalue weighted by Crippen LogP contribution is -2.32. The molecular weight excluding hydrogens is 242 g/mol. The maximum Gasteiger partial charge on any atom is 0.319 e. The van der Waals surface area contributed by atoms with Gasteiger partial charge < -0.3 is 5.11 Å². The first kappa shape index (κ1) is 13.9. The normalized spacial score (nSPS) is 12.0. The Hall–Kier alpha value is -1.15. The van der Waals surface area contributed by atoms with Crippen LogP contribution >= 0.6 is 0 Å². The maximum atomic E-state index is 12.5. The lowest BCUT2D eigenvalue weighted by molar-refractivity contribution is 0.0535. The quantitative estimate of drug-likeness (QED) is 0.747. The molecule has 0 aliphatic heterocycles. The van der Waals surface area contributed by atoms with E-state index in [2.05, 4.69) is 4.98 Å². The number of aliphatic hydroxyl groups excluding tert-OH is 1. The number of aromatic nitrogens is 2. The van der Waals surface area contributed by atoms with Gasteiger partial charge in [-0.15, -0.1) is 0 Å². The molecule has 1 aromatic heterocycles. The third-order valence-corrected chi connectivity index (χ3v) is 2.14. The van der Waals surface area contributed by atoms with Crippen molar-refractivity contribution in [2.45, 2.75) is 19.5 Å². The number of alkyl halides is 4. The fourth-order valence-corrected chi connectivity index (χ4v) is 1.42. The largest absolute Gasteiger partial charge is 0.395 e. The summed E-state index contributed by atoms with van der Waals surface area (Å²) in [5.74, 6) is -0.00546. The van der Waals surface area contributed by atoms with Crippen molar-refractivity contribution in [3.05, 3.63) is 18.2 Å². The predicted molar refractivity (Wildman–Crippen MR) is 51.8 cm³/mol. The number of halogens is 4. The summed E-state index contributed by atoms with van der Waals surface area (Å²) in [5, 5.41) is 8.69. The molecule has 0 aliphatic carbocycles. The van der Waals surface area contributed by atoms with Crippen LogP contribution in [0.2, 0.25) is 0 Å². The van der Waals surface area contributed by atoms with Gasteiger partial charge in [-0.25, -0.2) is 13.8 Å². The zero-order chi connectivity index (χ0) is 12.8. The van der Waals surface area contributed by atoms with Crippen molar-refractivity contribution in [1.29, 1.82) is 0 Å². The number of hydrogen-bond donors (Lipinski definition) is 1. The van der Waals surface area contributed by atoms with Gasteiger partial charge in [-0.3, -0.25) is 9.47 Å². The van der Waals surface area contributed by atoms with Crippen molar-refractivity contribution in [3.63, 3.8) is 0 Å². The van der Waals surface area contributed by atoms with Gasteiger partial charge in [-0.05, 0) is 0 Å². The SMILES string of the molecule is OCCN(Cc1nccn1C(F)F)CC(F)F. The van der Waals surface area contributed by atoms with Gasteiger partial charge in [0.2, 0.25) is 0 Å². The Morgan fingerprint density at radius 2 is 2.06 bits per heavy atom. The van der Waals surface area contributed by atoms with Crippen LogP contribution in [0.25, 0.3) is 0 Å².